The van der Waals surface area contributed by atoms with Gasteiger partial charge in [-0.3, -0.25) is 9.69 Å². The zero-order valence-corrected chi connectivity index (χ0v) is 16.1. The summed E-state index contributed by atoms with van der Waals surface area (Å²) in [4.78, 5) is 15.9. The van der Waals surface area contributed by atoms with Crippen molar-refractivity contribution in [2.75, 3.05) is 39.1 Å². The molecule has 1 atom stereocenters. The molecule has 7 nitrogen and oxygen atoms in total. The average molecular weight is 399 g/mol. The Morgan fingerprint density at radius 3 is 2.73 bits per heavy atom. The molecule has 0 aliphatic carbocycles. The van der Waals surface area contributed by atoms with Crippen LogP contribution in [0.4, 0.5) is 0 Å². The molecular weight excluding hydrogens is 376 g/mol. The van der Waals surface area contributed by atoms with Gasteiger partial charge in [0.1, 0.15) is 11.5 Å². The molecule has 1 aliphatic heterocycles. The van der Waals surface area contributed by atoms with E-state index >= 15 is 0 Å². The molecule has 9 heteroatoms. The van der Waals surface area contributed by atoms with Crippen LogP contribution in [0.1, 0.15) is 27.2 Å². The fraction of sp³-hybridized carbons (Fsp3) is 0.471. The predicted molar refractivity (Wildman–Crippen MR) is 99.0 cm³/mol. The third-order valence-corrected chi connectivity index (χ3v) is 5.89. The summed E-state index contributed by atoms with van der Waals surface area (Å²) in [6.07, 6.45) is 1.13. The van der Waals surface area contributed by atoms with Crippen molar-refractivity contribution in [3.8, 4) is 0 Å². The molecule has 1 N–H and O–H groups in total. The van der Waals surface area contributed by atoms with E-state index in [1.165, 1.54) is 17.0 Å². The Hall–Kier alpha value is -1.68. The number of sulfone groups is 1. The lowest BCUT2D eigenvalue weighted by Crippen LogP contribution is -2.43. The molecule has 0 bridgehead atoms. The van der Waals surface area contributed by atoms with E-state index in [4.69, 9.17) is 9.15 Å². The molecule has 2 aromatic rings. The Bertz CT molecular complexity index is 823. The number of morpholine rings is 1. The summed E-state index contributed by atoms with van der Waals surface area (Å²) in [6.45, 7) is 3.45. The molecule has 0 radical (unpaired) electrons. The van der Waals surface area contributed by atoms with Gasteiger partial charge >= 0.3 is 0 Å². The van der Waals surface area contributed by atoms with E-state index in [9.17, 15) is 13.2 Å². The Kier molecular flexibility index (Phi) is 6.13. The molecule has 142 valence electrons. The number of furan rings is 1. The van der Waals surface area contributed by atoms with E-state index in [1.54, 1.807) is 11.3 Å². The second-order valence-corrected chi connectivity index (χ2v) is 9.35. The van der Waals surface area contributed by atoms with Crippen LogP contribution < -0.4 is 5.32 Å². The molecule has 26 heavy (non-hydrogen) atoms. The lowest BCUT2D eigenvalue weighted by atomic mass is 10.2. The molecule has 3 rings (SSSR count). The minimum Gasteiger partial charge on any atom is -0.455 e. The predicted octanol–water partition coefficient (Wildman–Crippen LogP) is 1.69. The van der Waals surface area contributed by atoms with Gasteiger partial charge in [0, 0.05) is 30.8 Å². The highest BCUT2D eigenvalue weighted by Gasteiger charge is 2.24. The minimum absolute atomic E-state index is 0.0771. The van der Waals surface area contributed by atoms with Crippen LogP contribution in [0.2, 0.25) is 0 Å². The zero-order valence-electron chi connectivity index (χ0n) is 14.5. The van der Waals surface area contributed by atoms with Crippen molar-refractivity contribution in [3.05, 3.63) is 46.0 Å². The Balaban J connectivity index is 1.64. The van der Waals surface area contributed by atoms with Crippen molar-refractivity contribution in [3.63, 3.8) is 0 Å². The number of carbonyl (C=O) groups excluding carboxylic acids is 1. The maximum Gasteiger partial charge on any atom is 0.287 e. The number of thiophene rings is 1. The molecular formula is C17H22N2O5S2. The van der Waals surface area contributed by atoms with Crippen molar-refractivity contribution in [2.45, 2.75) is 11.8 Å². The second kappa shape index (κ2) is 8.34. The van der Waals surface area contributed by atoms with Gasteiger partial charge < -0.3 is 14.5 Å². The molecule has 0 aromatic carbocycles. The van der Waals surface area contributed by atoms with Gasteiger partial charge in [-0.2, -0.15) is 0 Å². The summed E-state index contributed by atoms with van der Waals surface area (Å²) in [5.74, 6) is -0.179. The van der Waals surface area contributed by atoms with Crippen molar-refractivity contribution in [1.29, 1.82) is 0 Å². The monoisotopic (exact) mass is 398 g/mol. The van der Waals surface area contributed by atoms with Crippen LogP contribution in [0, 0.1) is 0 Å². The molecule has 1 fully saturated rings. The summed E-state index contributed by atoms with van der Waals surface area (Å²) in [5.41, 5.74) is 0. The van der Waals surface area contributed by atoms with E-state index in [-0.39, 0.29) is 29.2 Å². The van der Waals surface area contributed by atoms with Gasteiger partial charge in [0.05, 0.1) is 19.3 Å². The van der Waals surface area contributed by atoms with Crippen LogP contribution in [0.25, 0.3) is 0 Å². The van der Waals surface area contributed by atoms with E-state index in [2.05, 4.69) is 16.3 Å². The van der Waals surface area contributed by atoms with Crippen molar-refractivity contribution in [1.82, 2.24) is 10.2 Å². The van der Waals surface area contributed by atoms with E-state index in [0.717, 1.165) is 19.3 Å². The van der Waals surface area contributed by atoms with Crippen LogP contribution in [-0.2, 0) is 20.3 Å². The lowest BCUT2D eigenvalue weighted by Gasteiger charge is -2.34. The van der Waals surface area contributed by atoms with Gasteiger partial charge in [-0.15, -0.1) is 11.3 Å². The second-order valence-electron chi connectivity index (χ2n) is 6.23. The number of hydrogen-bond acceptors (Lipinski definition) is 7. The summed E-state index contributed by atoms with van der Waals surface area (Å²) in [7, 11) is -3.20. The maximum atomic E-state index is 12.4. The first-order valence-corrected chi connectivity index (χ1v) is 11.3. The van der Waals surface area contributed by atoms with Crippen molar-refractivity contribution in [2.24, 2.45) is 0 Å². The number of hydrogen-bond donors (Lipinski definition) is 1. The number of rotatable bonds is 7. The third kappa shape index (κ3) is 5.16. The number of nitrogens with one attached hydrogen (secondary N) is 1. The summed E-state index contributed by atoms with van der Waals surface area (Å²) >= 11 is 1.66. The van der Waals surface area contributed by atoms with Crippen LogP contribution >= 0.6 is 11.3 Å². The van der Waals surface area contributed by atoms with Crippen LogP contribution in [0.3, 0.4) is 0 Å². The van der Waals surface area contributed by atoms with Gasteiger partial charge in [-0.1, -0.05) is 6.07 Å². The molecule has 0 spiro atoms. The number of amides is 1. The lowest BCUT2D eigenvalue weighted by molar-refractivity contribution is 0.0168. The Labute approximate surface area is 156 Å². The highest BCUT2D eigenvalue weighted by molar-refractivity contribution is 7.89. The fourth-order valence-corrected chi connectivity index (χ4v) is 4.42. The van der Waals surface area contributed by atoms with Gasteiger partial charge in [0.15, 0.2) is 15.6 Å². The van der Waals surface area contributed by atoms with Crippen LogP contribution in [-0.4, -0.2) is 58.3 Å². The largest absolute Gasteiger partial charge is 0.455 e. The molecule has 2 aromatic heterocycles. The smallest absolute Gasteiger partial charge is 0.287 e. The van der Waals surface area contributed by atoms with Gasteiger partial charge in [0.2, 0.25) is 0 Å². The molecule has 0 saturated carbocycles. The first-order valence-electron chi connectivity index (χ1n) is 8.32. The molecule has 1 amide bonds. The van der Waals surface area contributed by atoms with Gasteiger partial charge in [-0.25, -0.2) is 8.42 Å². The van der Waals surface area contributed by atoms with Crippen LogP contribution in [0.5, 0.6) is 0 Å². The first kappa shape index (κ1) is 19.1. The van der Waals surface area contributed by atoms with E-state index < -0.39 is 9.84 Å². The first-order chi connectivity index (χ1) is 12.4. The van der Waals surface area contributed by atoms with Crippen molar-refractivity contribution >= 4 is 27.1 Å². The SMILES string of the molecule is CS(=O)(=O)Cc1ccc(C(=O)NC[C@H](c2cccs2)N2CCOCC2)o1. The quantitative estimate of drug-likeness (QED) is 0.764. The highest BCUT2D eigenvalue weighted by atomic mass is 32.2. The van der Waals surface area contributed by atoms with Gasteiger partial charge in [0.25, 0.3) is 5.91 Å². The molecule has 3 heterocycles. The molecule has 1 saturated heterocycles. The number of ether oxygens (including phenoxy) is 1. The molecule has 1 aliphatic rings. The Morgan fingerprint density at radius 2 is 2.08 bits per heavy atom. The minimum atomic E-state index is -3.20. The van der Waals surface area contributed by atoms with Gasteiger partial charge in [-0.05, 0) is 23.6 Å². The highest BCUT2D eigenvalue weighted by Crippen LogP contribution is 2.25. The summed E-state index contributed by atoms with van der Waals surface area (Å²) in [5, 5.41) is 4.93. The third-order valence-electron chi connectivity index (χ3n) is 4.10. The van der Waals surface area contributed by atoms with Crippen LogP contribution in [0.15, 0.2) is 34.1 Å². The fourth-order valence-electron chi connectivity index (χ4n) is 2.89. The normalized spacial score (nSPS) is 17.1. The summed E-state index contributed by atoms with van der Waals surface area (Å²) in [6, 6.07) is 7.17. The summed E-state index contributed by atoms with van der Waals surface area (Å²) < 4.78 is 33.4. The standard InChI is InChI=1S/C17H22N2O5S2/c1-26(21,22)12-13-4-5-15(24-13)17(20)18-11-14(16-3-2-10-25-16)19-6-8-23-9-7-19/h2-5,10,14H,6-9,11-12H2,1H3,(H,18,20)/t14-/m1/s1. The topological polar surface area (TPSA) is 88.9 Å². The number of nitrogens with zero attached hydrogens (tertiary/aromatic N) is 1. The maximum absolute atomic E-state index is 12.4. The Morgan fingerprint density at radius 1 is 1.31 bits per heavy atom. The van der Waals surface area contributed by atoms with E-state index in [1.807, 2.05) is 11.4 Å². The average Bonchev–Trinajstić information content (AvgIpc) is 3.26. The van der Waals surface area contributed by atoms with Crippen molar-refractivity contribution < 1.29 is 22.4 Å². The number of carbonyl (C=O) groups is 1. The zero-order chi connectivity index (χ0) is 18.6. The molecule has 0 unspecified atom stereocenters. The van der Waals surface area contributed by atoms with E-state index in [0.29, 0.717) is 19.8 Å².